The van der Waals surface area contributed by atoms with E-state index < -0.39 is 0 Å². The lowest BCUT2D eigenvalue weighted by Crippen LogP contribution is -2.40. The summed E-state index contributed by atoms with van der Waals surface area (Å²) in [4.78, 5) is 0. The van der Waals surface area contributed by atoms with Crippen molar-refractivity contribution >= 4 is 17.3 Å². The Kier molecular flexibility index (Phi) is 2.88. The molecule has 0 unspecified atom stereocenters. The van der Waals surface area contributed by atoms with E-state index >= 15 is 0 Å². The smallest absolute Gasteiger partial charge is 0.178 e. The largest absolute Gasteiger partial charge is 0.468 e. The van der Waals surface area contributed by atoms with E-state index in [0.29, 0.717) is 6.54 Å². The topological polar surface area (TPSA) is 63.2 Å². The third-order valence-electron chi connectivity index (χ3n) is 1.05. The minimum Gasteiger partial charge on any atom is -0.468 e. The predicted molar refractivity (Wildman–Crippen MR) is 45.5 cm³/mol. The van der Waals surface area contributed by atoms with Crippen LogP contribution >= 0.6 is 12.2 Å². The minimum absolute atomic E-state index is 0.219. The number of nitrogens with two attached hydrogens (primary N) is 1. The van der Waals surface area contributed by atoms with Gasteiger partial charge in [0.1, 0.15) is 5.76 Å². The molecule has 0 aromatic carbocycles. The third-order valence-corrected chi connectivity index (χ3v) is 1.16. The Morgan fingerprint density at radius 2 is 2.55 bits per heavy atom. The van der Waals surface area contributed by atoms with Gasteiger partial charge in [-0.25, -0.2) is 5.43 Å². The van der Waals surface area contributed by atoms with Gasteiger partial charge in [0.25, 0.3) is 0 Å². The molecule has 1 aromatic rings. The molecule has 60 valence electrons. The van der Waals surface area contributed by atoms with E-state index in [1.807, 2.05) is 12.1 Å². The summed E-state index contributed by atoms with van der Waals surface area (Å²) in [6.07, 6.45) is 1.61. The van der Waals surface area contributed by atoms with Crippen molar-refractivity contribution in [3.63, 3.8) is 0 Å². The van der Waals surface area contributed by atoms with Crippen molar-refractivity contribution in [3.8, 4) is 0 Å². The van der Waals surface area contributed by atoms with Crippen LogP contribution in [0.15, 0.2) is 22.8 Å². The Bertz CT molecular complexity index is 222. The van der Waals surface area contributed by atoms with Gasteiger partial charge < -0.3 is 10.2 Å². The molecule has 1 rings (SSSR count). The summed E-state index contributed by atoms with van der Waals surface area (Å²) in [5.41, 5.74) is 10.5. The Morgan fingerprint density at radius 3 is 3.09 bits per heavy atom. The zero-order valence-electron chi connectivity index (χ0n) is 5.83. The van der Waals surface area contributed by atoms with Gasteiger partial charge in [-0.2, -0.15) is 0 Å². The fourth-order valence-electron chi connectivity index (χ4n) is 0.632. The fraction of sp³-hybridized carbons (Fsp3) is 0.167. The standard InChI is InChI=1S/C6H9N3OS/c7-6(11)9-8-4-5-2-1-3-10-5/h1-3,8H,4H2,(H3,7,9,11). The molecule has 0 amide bonds. The molecule has 0 spiro atoms. The molecule has 0 aliphatic rings. The molecule has 0 radical (unpaired) electrons. The molecule has 5 heteroatoms. The van der Waals surface area contributed by atoms with Gasteiger partial charge in [-0.05, 0) is 24.4 Å². The maximum Gasteiger partial charge on any atom is 0.178 e. The Hall–Kier alpha value is -1.07. The second-order valence-electron chi connectivity index (χ2n) is 1.92. The average molecular weight is 171 g/mol. The van der Waals surface area contributed by atoms with E-state index in [0.717, 1.165) is 5.76 Å². The number of rotatable bonds is 3. The van der Waals surface area contributed by atoms with Crippen LogP contribution in [0.3, 0.4) is 0 Å². The van der Waals surface area contributed by atoms with Gasteiger partial charge in [-0.1, -0.05) is 0 Å². The van der Waals surface area contributed by atoms with Crippen LogP contribution in [-0.2, 0) is 6.54 Å². The molecule has 0 aliphatic heterocycles. The first-order chi connectivity index (χ1) is 5.29. The van der Waals surface area contributed by atoms with Crippen LogP contribution in [0.2, 0.25) is 0 Å². The lowest BCUT2D eigenvalue weighted by molar-refractivity contribution is 0.476. The van der Waals surface area contributed by atoms with Crippen LogP contribution in [0.25, 0.3) is 0 Å². The number of thiocarbonyl (C=S) groups is 1. The maximum atomic E-state index is 5.16. The van der Waals surface area contributed by atoms with Gasteiger partial charge in [-0.3, -0.25) is 5.43 Å². The van der Waals surface area contributed by atoms with Gasteiger partial charge in [0.15, 0.2) is 5.11 Å². The summed E-state index contributed by atoms with van der Waals surface area (Å²) in [5, 5.41) is 0.219. The van der Waals surface area contributed by atoms with Crippen molar-refractivity contribution in [2.75, 3.05) is 0 Å². The van der Waals surface area contributed by atoms with E-state index in [2.05, 4.69) is 23.1 Å². The molecule has 0 bridgehead atoms. The van der Waals surface area contributed by atoms with Crippen molar-refractivity contribution in [1.82, 2.24) is 10.9 Å². The van der Waals surface area contributed by atoms with Gasteiger partial charge in [-0.15, -0.1) is 0 Å². The highest BCUT2D eigenvalue weighted by molar-refractivity contribution is 7.80. The number of nitrogens with one attached hydrogen (secondary N) is 2. The summed E-state index contributed by atoms with van der Waals surface area (Å²) in [7, 11) is 0. The zero-order valence-corrected chi connectivity index (χ0v) is 6.65. The normalized spacial score (nSPS) is 9.45. The minimum atomic E-state index is 0.219. The summed E-state index contributed by atoms with van der Waals surface area (Å²) in [6, 6.07) is 3.67. The first-order valence-electron chi connectivity index (χ1n) is 3.10. The van der Waals surface area contributed by atoms with E-state index in [-0.39, 0.29) is 5.11 Å². The van der Waals surface area contributed by atoms with Gasteiger partial charge in [0.05, 0.1) is 12.8 Å². The highest BCUT2D eigenvalue weighted by Crippen LogP contribution is 1.97. The van der Waals surface area contributed by atoms with Crippen molar-refractivity contribution in [2.24, 2.45) is 5.73 Å². The van der Waals surface area contributed by atoms with Gasteiger partial charge >= 0.3 is 0 Å². The monoisotopic (exact) mass is 171 g/mol. The molecule has 11 heavy (non-hydrogen) atoms. The Balaban J connectivity index is 2.19. The predicted octanol–water partition coefficient (Wildman–Crippen LogP) is 0.117. The SMILES string of the molecule is NC(=S)NNCc1ccco1. The molecule has 1 heterocycles. The summed E-state index contributed by atoms with van der Waals surface area (Å²) >= 11 is 4.56. The van der Waals surface area contributed by atoms with Gasteiger partial charge in [0.2, 0.25) is 0 Å². The Morgan fingerprint density at radius 1 is 1.73 bits per heavy atom. The highest BCUT2D eigenvalue weighted by Gasteiger charge is 1.92. The second-order valence-corrected chi connectivity index (χ2v) is 2.36. The van der Waals surface area contributed by atoms with E-state index in [9.17, 15) is 0 Å². The van der Waals surface area contributed by atoms with Crippen LogP contribution < -0.4 is 16.6 Å². The van der Waals surface area contributed by atoms with Crippen LogP contribution in [0, 0.1) is 0 Å². The quantitative estimate of drug-likeness (QED) is 0.445. The lowest BCUT2D eigenvalue weighted by atomic mass is 10.5. The molecule has 1 aromatic heterocycles. The average Bonchev–Trinajstić information content (AvgIpc) is 2.39. The molecule has 0 fully saturated rings. The molecule has 0 saturated carbocycles. The summed E-state index contributed by atoms with van der Waals surface area (Å²) in [6.45, 7) is 0.560. The molecule has 0 aliphatic carbocycles. The third kappa shape index (κ3) is 3.01. The second kappa shape index (κ2) is 3.95. The van der Waals surface area contributed by atoms with Crippen LogP contribution in [0.1, 0.15) is 5.76 Å². The van der Waals surface area contributed by atoms with Crippen LogP contribution in [0.4, 0.5) is 0 Å². The van der Waals surface area contributed by atoms with Crippen molar-refractivity contribution < 1.29 is 4.42 Å². The Labute approximate surface area is 69.7 Å². The summed E-state index contributed by atoms with van der Waals surface area (Å²) in [5.74, 6) is 0.828. The first-order valence-corrected chi connectivity index (χ1v) is 3.50. The highest BCUT2D eigenvalue weighted by atomic mass is 32.1. The number of furan rings is 1. The molecule has 0 saturated heterocycles. The molecule has 0 atom stereocenters. The number of hydrogen-bond donors (Lipinski definition) is 3. The van der Waals surface area contributed by atoms with E-state index in [1.54, 1.807) is 6.26 Å². The van der Waals surface area contributed by atoms with E-state index in [1.165, 1.54) is 0 Å². The molecule has 4 nitrogen and oxygen atoms in total. The van der Waals surface area contributed by atoms with Crippen LogP contribution in [-0.4, -0.2) is 5.11 Å². The summed E-state index contributed by atoms with van der Waals surface area (Å²) < 4.78 is 5.03. The fourth-order valence-corrected chi connectivity index (χ4v) is 0.704. The molecular formula is C6H9N3OS. The maximum absolute atomic E-state index is 5.16. The van der Waals surface area contributed by atoms with Gasteiger partial charge in [0, 0.05) is 0 Å². The first kappa shape index (κ1) is 8.03. The number of hydrogen-bond acceptors (Lipinski definition) is 3. The number of hydrazine groups is 1. The molecular weight excluding hydrogens is 162 g/mol. The van der Waals surface area contributed by atoms with E-state index in [4.69, 9.17) is 10.2 Å². The van der Waals surface area contributed by atoms with Crippen molar-refractivity contribution in [1.29, 1.82) is 0 Å². The zero-order chi connectivity index (χ0) is 8.10. The van der Waals surface area contributed by atoms with Crippen molar-refractivity contribution in [2.45, 2.75) is 6.54 Å². The lowest BCUT2D eigenvalue weighted by Gasteiger charge is -2.02. The van der Waals surface area contributed by atoms with Crippen LogP contribution in [0.5, 0.6) is 0 Å². The van der Waals surface area contributed by atoms with Crippen molar-refractivity contribution in [3.05, 3.63) is 24.2 Å². The molecule has 4 N–H and O–H groups in total.